The van der Waals surface area contributed by atoms with Crippen molar-refractivity contribution in [3.8, 4) is 5.75 Å². The number of hydrogen-bond donors (Lipinski definition) is 2. The maximum atomic E-state index is 6.05. The number of methoxy groups -OCH3 is 1. The summed E-state index contributed by atoms with van der Waals surface area (Å²) >= 11 is 6.05. The molecule has 94 valence electrons. The highest BCUT2D eigenvalue weighted by molar-refractivity contribution is 6.31. The number of pyridine rings is 1. The lowest BCUT2D eigenvalue weighted by Gasteiger charge is -2.12. The minimum absolute atomic E-state index is 0.650. The molecule has 4 nitrogen and oxygen atoms in total. The van der Waals surface area contributed by atoms with Gasteiger partial charge in [0, 0.05) is 29.0 Å². The maximum absolute atomic E-state index is 6.05. The SMILES string of the molecule is COc1cc(Cl)c(C)cc1Nc1cc(N)ccn1. The van der Waals surface area contributed by atoms with Crippen molar-refractivity contribution < 1.29 is 4.74 Å². The number of ether oxygens (including phenoxy) is 1. The number of nitrogens with zero attached hydrogens (tertiary/aromatic N) is 1. The van der Waals surface area contributed by atoms with E-state index in [1.54, 1.807) is 31.5 Å². The van der Waals surface area contributed by atoms with Crippen LogP contribution in [-0.2, 0) is 0 Å². The van der Waals surface area contributed by atoms with Gasteiger partial charge in [-0.2, -0.15) is 0 Å². The highest BCUT2D eigenvalue weighted by Crippen LogP contribution is 2.32. The smallest absolute Gasteiger partial charge is 0.143 e. The molecule has 0 spiro atoms. The van der Waals surface area contributed by atoms with E-state index in [0.29, 0.717) is 22.3 Å². The van der Waals surface area contributed by atoms with Crippen molar-refractivity contribution in [2.24, 2.45) is 0 Å². The summed E-state index contributed by atoms with van der Waals surface area (Å²) in [5.74, 6) is 1.32. The largest absolute Gasteiger partial charge is 0.495 e. The quantitative estimate of drug-likeness (QED) is 0.891. The van der Waals surface area contributed by atoms with Crippen LogP contribution in [-0.4, -0.2) is 12.1 Å². The van der Waals surface area contributed by atoms with Gasteiger partial charge in [-0.15, -0.1) is 0 Å². The average Bonchev–Trinajstić information content (AvgIpc) is 2.33. The second kappa shape index (κ2) is 5.14. The first-order chi connectivity index (χ1) is 8.60. The number of rotatable bonds is 3. The van der Waals surface area contributed by atoms with Crippen molar-refractivity contribution in [2.75, 3.05) is 18.2 Å². The fourth-order valence-corrected chi connectivity index (χ4v) is 1.74. The molecule has 0 aliphatic heterocycles. The van der Waals surface area contributed by atoms with Gasteiger partial charge in [0.05, 0.1) is 12.8 Å². The van der Waals surface area contributed by atoms with Crippen molar-refractivity contribution in [1.29, 1.82) is 0 Å². The minimum Gasteiger partial charge on any atom is -0.495 e. The molecule has 1 heterocycles. The Morgan fingerprint density at radius 3 is 2.78 bits per heavy atom. The summed E-state index contributed by atoms with van der Waals surface area (Å²) in [5, 5.41) is 3.82. The van der Waals surface area contributed by atoms with E-state index in [1.807, 2.05) is 13.0 Å². The van der Waals surface area contributed by atoms with E-state index in [0.717, 1.165) is 11.3 Å². The van der Waals surface area contributed by atoms with Gasteiger partial charge in [-0.25, -0.2) is 4.98 Å². The molecule has 0 bridgehead atoms. The molecule has 1 aromatic carbocycles. The molecular weight excluding hydrogens is 250 g/mol. The Morgan fingerprint density at radius 1 is 1.33 bits per heavy atom. The first-order valence-electron chi connectivity index (χ1n) is 5.43. The molecule has 0 atom stereocenters. The van der Waals surface area contributed by atoms with E-state index >= 15 is 0 Å². The Kier molecular flexibility index (Phi) is 3.58. The van der Waals surface area contributed by atoms with E-state index < -0.39 is 0 Å². The van der Waals surface area contributed by atoms with Crippen LogP contribution in [0.4, 0.5) is 17.2 Å². The number of aryl methyl sites for hydroxylation is 1. The summed E-state index contributed by atoms with van der Waals surface area (Å²) in [4.78, 5) is 4.18. The van der Waals surface area contributed by atoms with Crippen LogP contribution >= 0.6 is 11.6 Å². The Balaban J connectivity index is 2.36. The predicted molar refractivity (Wildman–Crippen MR) is 74.7 cm³/mol. The second-order valence-electron chi connectivity index (χ2n) is 3.90. The molecule has 3 N–H and O–H groups in total. The number of nitrogens with one attached hydrogen (secondary N) is 1. The number of anilines is 3. The Morgan fingerprint density at radius 2 is 2.11 bits per heavy atom. The van der Waals surface area contributed by atoms with Gasteiger partial charge in [-0.05, 0) is 24.6 Å². The van der Waals surface area contributed by atoms with Gasteiger partial charge in [-0.1, -0.05) is 11.6 Å². The second-order valence-corrected chi connectivity index (χ2v) is 4.31. The number of nitrogens with two attached hydrogens (primary N) is 1. The molecule has 0 unspecified atom stereocenters. The third-order valence-electron chi connectivity index (χ3n) is 2.53. The number of hydrogen-bond acceptors (Lipinski definition) is 4. The summed E-state index contributed by atoms with van der Waals surface area (Å²) in [6.07, 6.45) is 1.65. The van der Waals surface area contributed by atoms with E-state index in [9.17, 15) is 0 Å². The van der Waals surface area contributed by atoms with Crippen molar-refractivity contribution in [3.63, 3.8) is 0 Å². The zero-order valence-corrected chi connectivity index (χ0v) is 11.0. The normalized spacial score (nSPS) is 10.2. The zero-order chi connectivity index (χ0) is 13.1. The average molecular weight is 264 g/mol. The molecule has 0 fully saturated rings. The summed E-state index contributed by atoms with van der Waals surface area (Å²) in [5.41, 5.74) is 8.12. The highest BCUT2D eigenvalue weighted by atomic mass is 35.5. The molecule has 0 saturated carbocycles. The Bertz CT molecular complexity index is 572. The monoisotopic (exact) mass is 263 g/mol. The zero-order valence-electron chi connectivity index (χ0n) is 10.2. The third kappa shape index (κ3) is 2.65. The van der Waals surface area contributed by atoms with Crippen LogP contribution < -0.4 is 15.8 Å². The van der Waals surface area contributed by atoms with Crippen LogP contribution in [0.15, 0.2) is 30.5 Å². The van der Waals surface area contributed by atoms with E-state index in [-0.39, 0.29) is 0 Å². The van der Waals surface area contributed by atoms with Gasteiger partial charge in [0.2, 0.25) is 0 Å². The van der Waals surface area contributed by atoms with Crippen LogP contribution in [0.25, 0.3) is 0 Å². The van der Waals surface area contributed by atoms with Gasteiger partial charge in [-0.3, -0.25) is 0 Å². The molecule has 0 aliphatic rings. The Hall–Kier alpha value is -1.94. The van der Waals surface area contributed by atoms with Gasteiger partial charge >= 0.3 is 0 Å². The first kappa shape index (κ1) is 12.5. The molecule has 2 aromatic rings. The van der Waals surface area contributed by atoms with Crippen molar-refractivity contribution >= 4 is 28.8 Å². The maximum Gasteiger partial charge on any atom is 0.143 e. The lowest BCUT2D eigenvalue weighted by atomic mass is 10.2. The highest BCUT2D eigenvalue weighted by Gasteiger charge is 2.07. The number of benzene rings is 1. The molecule has 2 rings (SSSR count). The molecule has 1 aromatic heterocycles. The minimum atomic E-state index is 0.650. The third-order valence-corrected chi connectivity index (χ3v) is 2.93. The van der Waals surface area contributed by atoms with Gasteiger partial charge in [0.1, 0.15) is 11.6 Å². The van der Waals surface area contributed by atoms with Gasteiger partial charge in [0.15, 0.2) is 0 Å². The van der Waals surface area contributed by atoms with Crippen LogP contribution in [0.1, 0.15) is 5.56 Å². The molecule has 0 saturated heterocycles. The van der Waals surface area contributed by atoms with E-state index in [4.69, 9.17) is 22.1 Å². The van der Waals surface area contributed by atoms with Crippen molar-refractivity contribution in [2.45, 2.75) is 6.92 Å². The topological polar surface area (TPSA) is 60.2 Å². The van der Waals surface area contributed by atoms with Crippen LogP contribution in [0.2, 0.25) is 5.02 Å². The van der Waals surface area contributed by atoms with E-state index in [2.05, 4.69) is 10.3 Å². The fraction of sp³-hybridized carbons (Fsp3) is 0.154. The molecule has 0 amide bonds. The predicted octanol–water partition coefficient (Wildman–Crippen LogP) is 3.38. The number of nitrogen functional groups attached to an aromatic ring is 1. The molecule has 5 heteroatoms. The van der Waals surface area contributed by atoms with Crippen LogP contribution in [0.5, 0.6) is 5.75 Å². The Labute approximate surface area is 111 Å². The van der Waals surface area contributed by atoms with Crippen molar-refractivity contribution in [3.05, 3.63) is 41.0 Å². The lowest BCUT2D eigenvalue weighted by Crippen LogP contribution is -1.98. The summed E-state index contributed by atoms with van der Waals surface area (Å²) in [6.45, 7) is 1.93. The van der Waals surface area contributed by atoms with Gasteiger partial charge < -0.3 is 15.8 Å². The van der Waals surface area contributed by atoms with Crippen molar-refractivity contribution in [1.82, 2.24) is 4.98 Å². The van der Waals surface area contributed by atoms with Crippen LogP contribution in [0.3, 0.4) is 0 Å². The summed E-state index contributed by atoms with van der Waals surface area (Å²) < 4.78 is 5.28. The molecule has 18 heavy (non-hydrogen) atoms. The summed E-state index contributed by atoms with van der Waals surface area (Å²) in [7, 11) is 1.60. The van der Waals surface area contributed by atoms with Gasteiger partial charge in [0.25, 0.3) is 0 Å². The number of aromatic nitrogens is 1. The molecule has 0 radical (unpaired) electrons. The standard InChI is InChI=1S/C13H14ClN3O/c1-8-5-11(12(18-2)7-10(8)14)17-13-6-9(15)3-4-16-13/h3-7H,1-2H3,(H3,15,16,17). The first-order valence-corrected chi connectivity index (χ1v) is 5.80. The number of halogens is 1. The molecule has 0 aliphatic carbocycles. The lowest BCUT2D eigenvalue weighted by molar-refractivity contribution is 0.416. The van der Waals surface area contributed by atoms with E-state index in [1.165, 1.54) is 0 Å². The summed E-state index contributed by atoms with van der Waals surface area (Å²) in [6, 6.07) is 7.16. The fourth-order valence-electron chi connectivity index (χ4n) is 1.58. The molecular formula is C13H14ClN3O. The van der Waals surface area contributed by atoms with Crippen LogP contribution in [0, 0.1) is 6.92 Å².